The molecule has 2 aromatic carbocycles. The van der Waals surface area contributed by atoms with Gasteiger partial charge in [-0.15, -0.1) is 0 Å². The van der Waals surface area contributed by atoms with E-state index < -0.39 is 59.8 Å². The van der Waals surface area contributed by atoms with Crippen LogP contribution in [0.3, 0.4) is 0 Å². The first-order chi connectivity index (χ1) is 30.2. The quantitative estimate of drug-likeness (QED) is 0.0601. The first-order valence-corrected chi connectivity index (χ1v) is 26.7. The van der Waals surface area contributed by atoms with Gasteiger partial charge in [-0.2, -0.15) is 0 Å². The van der Waals surface area contributed by atoms with E-state index in [4.69, 9.17) is 9.47 Å². The SMILES string of the molecule is CC[C@]1(O)C[C@H](C)C[C@](C(=O)OC)(c2ccc(N(C)[C@@H]3[C@@]4(C)CCN5CC=C[C@](CC)([C@H]54)[C@@H](O)[C@]3(O)C(=O)NCCC[Si](C)(C)O)cc2OC)c2[nH]c3ccccc3c2CCN(C)C1. The highest BCUT2D eigenvalue weighted by atomic mass is 28.4. The summed E-state index contributed by atoms with van der Waals surface area (Å²) in [5, 5.41) is 42.1. The molecule has 4 aliphatic rings. The lowest BCUT2D eigenvalue weighted by molar-refractivity contribution is -0.215. The van der Waals surface area contributed by atoms with Gasteiger partial charge in [-0.1, -0.05) is 64.1 Å². The number of benzene rings is 2. The second-order valence-electron chi connectivity index (χ2n) is 20.8. The number of aliphatic hydroxyl groups excluding tert-OH is 1. The highest BCUT2D eigenvalue weighted by Crippen LogP contribution is 2.62. The summed E-state index contributed by atoms with van der Waals surface area (Å²) in [6, 6.07) is 13.4. The number of nitrogens with zero attached hydrogens (tertiary/aromatic N) is 3. The monoisotopic (exact) mass is 902 g/mol. The normalized spacial score (nSPS) is 33.5. The molecule has 3 aromatic rings. The molecule has 352 valence electrons. The second kappa shape index (κ2) is 17.8. The molecule has 0 spiro atoms. The van der Waals surface area contributed by atoms with Gasteiger partial charge in [0, 0.05) is 84.0 Å². The molecule has 1 aromatic heterocycles. The summed E-state index contributed by atoms with van der Waals surface area (Å²) in [6.07, 6.45) is 6.35. The van der Waals surface area contributed by atoms with Crippen molar-refractivity contribution in [3.8, 4) is 5.75 Å². The van der Waals surface area contributed by atoms with Crippen molar-refractivity contribution < 1.29 is 39.2 Å². The molecule has 1 aliphatic carbocycles. The van der Waals surface area contributed by atoms with Gasteiger partial charge in [0.2, 0.25) is 0 Å². The number of aromatic amines is 1. The van der Waals surface area contributed by atoms with Crippen LogP contribution in [0.2, 0.25) is 19.1 Å². The average molecular weight is 902 g/mol. The van der Waals surface area contributed by atoms with Crippen molar-refractivity contribution in [1.82, 2.24) is 20.1 Å². The number of likely N-dealkylation sites (N-methyl/N-ethyl adjacent to an activating group) is 2. The van der Waals surface area contributed by atoms with Gasteiger partial charge in [-0.05, 0) is 101 Å². The summed E-state index contributed by atoms with van der Waals surface area (Å²) in [7, 11) is 4.54. The Kier molecular flexibility index (Phi) is 13.4. The van der Waals surface area contributed by atoms with Crippen LogP contribution >= 0.6 is 0 Å². The molecule has 1 saturated carbocycles. The number of fused-ring (bicyclic) bond motifs is 3. The van der Waals surface area contributed by atoms with E-state index in [1.54, 1.807) is 7.11 Å². The zero-order valence-electron chi connectivity index (χ0n) is 40.0. The lowest BCUT2D eigenvalue weighted by Gasteiger charge is -2.65. The maximum atomic E-state index is 15.0. The van der Waals surface area contributed by atoms with Crippen LogP contribution in [-0.2, 0) is 26.2 Å². The van der Waals surface area contributed by atoms with E-state index in [2.05, 4.69) is 46.1 Å². The summed E-state index contributed by atoms with van der Waals surface area (Å²) >= 11 is 0. The summed E-state index contributed by atoms with van der Waals surface area (Å²) in [4.78, 5) is 50.6. The van der Waals surface area contributed by atoms with Crippen LogP contribution in [-0.4, -0.2) is 146 Å². The number of H-pyrrole nitrogens is 1. The van der Waals surface area contributed by atoms with Crippen LogP contribution in [0.25, 0.3) is 10.9 Å². The molecule has 2 fully saturated rings. The van der Waals surface area contributed by atoms with Crippen molar-refractivity contribution in [1.29, 1.82) is 0 Å². The number of nitrogens with one attached hydrogen (secondary N) is 2. The molecule has 14 heteroatoms. The van der Waals surface area contributed by atoms with Gasteiger partial charge in [0.15, 0.2) is 13.9 Å². The highest BCUT2D eigenvalue weighted by molar-refractivity contribution is 6.69. The smallest absolute Gasteiger partial charge is 0.322 e. The van der Waals surface area contributed by atoms with E-state index in [9.17, 15) is 24.9 Å². The zero-order chi connectivity index (χ0) is 46.6. The number of aromatic nitrogens is 1. The number of rotatable bonds is 12. The molecule has 1 saturated heterocycles. The number of amides is 1. The number of methoxy groups -OCH3 is 2. The highest BCUT2D eigenvalue weighted by Gasteiger charge is 2.74. The number of esters is 1. The summed E-state index contributed by atoms with van der Waals surface area (Å²) in [6.45, 7) is 14.9. The van der Waals surface area contributed by atoms with Crippen LogP contribution in [0.15, 0.2) is 54.6 Å². The lowest BCUT2D eigenvalue weighted by atomic mass is 9.48. The fourth-order valence-corrected chi connectivity index (χ4v) is 14.2. The first kappa shape index (κ1) is 48.2. The van der Waals surface area contributed by atoms with Crippen LogP contribution in [0.1, 0.15) is 83.0 Å². The van der Waals surface area contributed by atoms with Gasteiger partial charge in [-0.3, -0.25) is 14.5 Å². The van der Waals surface area contributed by atoms with Crippen LogP contribution in [0, 0.1) is 16.7 Å². The Balaban J connectivity index is 1.40. The van der Waals surface area contributed by atoms with Gasteiger partial charge >= 0.3 is 5.97 Å². The molecule has 4 heterocycles. The predicted octanol–water partition coefficient (Wildman–Crippen LogP) is 5.34. The molecule has 0 radical (unpaired) electrons. The number of carbonyl (C=O) groups is 2. The van der Waals surface area contributed by atoms with Gasteiger partial charge in [0.05, 0.1) is 25.9 Å². The topological polar surface area (TPSA) is 171 Å². The molecular weight excluding hydrogens is 827 g/mol. The van der Waals surface area contributed by atoms with Crippen molar-refractivity contribution in [2.75, 3.05) is 65.9 Å². The van der Waals surface area contributed by atoms with Crippen molar-refractivity contribution >= 4 is 36.8 Å². The van der Waals surface area contributed by atoms with E-state index in [1.807, 2.05) is 88.4 Å². The van der Waals surface area contributed by atoms with Crippen molar-refractivity contribution in [3.05, 3.63) is 71.4 Å². The Labute approximate surface area is 381 Å². The third-order valence-corrected chi connectivity index (χ3v) is 17.5. The minimum absolute atomic E-state index is 0.154. The zero-order valence-corrected chi connectivity index (χ0v) is 41.0. The van der Waals surface area contributed by atoms with Crippen LogP contribution in [0.4, 0.5) is 5.69 Å². The number of ether oxygens (including phenoxy) is 2. The van der Waals surface area contributed by atoms with Gasteiger partial charge in [0.25, 0.3) is 5.91 Å². The Morgan fingerprint density at radius 2 is 1.80 bits per heavy atom. The lowest BCUT2D eigenvalue weighted by Crippen LogP contribution is -2.81. The van der Waals surface area contributed by atoms with Gasteiger partial charge in [-0.25, -0.2) is 0 Å². The number of hydrogen-bond acceptors (Lipinski definition) is 11. The standard InChI is InChI=1S/C50H75N5O8Si/c1-11-47(59)30-33(3)31-49(45(58)63-8,40-36(21-26-53(5)32-47)35-17-13-14-18-38(35)52-40)37-20-19-34(29-39(37)62-7)54(6)42-46(4)23-27-55-25-15-22-48(12-2,41(46)55)43(56)50(42,60)44(57)51-24-16-28-64(9,10)61/h13-15,17-20,22,29,33,41-43,52,56,59-61H,11-12,16,21,23-28,30-32H2,1-10H3,(H,51,57)/t33-,41+,42+,43+,46-,47-,48+,49-,50-/m0/s1. The van der Waals surface area contributed by atoms with E-state index >= 15 is 4.79 Å². The average Bonchev–Trinajstić information content (AvgIpc) is 3.82. The number of aliphatic hydroxyl groups is 3. The molecule has 9 atom stereocenters. The van der Waals surface area contributed by atoms with E-state index in [-0.39, 0.29) is 18.5 Å². The number of para-hydroxylation sites is 1. The number of anilines is 1. The Morgan fingerprint density at radius 3 is 2.47 bits per heavy atom. The Bertz CT molecular complexity index is 2230. The fraction of sp³-hybridized carbons (Fsp3) is 0.640. The summed E-state index contributed by atoms with van der Waals surface area (Å²) in [5.41, 5.74) is -2.33. The largest absolute Gasteiger partial charge is 0.496 e. The van der Waals surface area contributed by atoms with Gasteiger partial charge in [0.1, 0.15) is 17.3 Å². The molecule has 7 rings (SSSR count). The van der Waals surface area contributed by atoms with E-state index in [0.717, 1.165) is 35.2 Å². The molecule has 0 unspecified atom stereocenters. The van der Waals surface area contributed by atoms with Crippen molar-refractivity contribution in [2.45, 2.75) is 127 Å². The third-order valence-electron chi connectivity index (χ3n) is 16.0. The molecule has 0 bridgehead atoms. The number of hydrogen-bond donors (Lipinski definition) is 6. The maximum absolute atomic E-state index is 15.0. The van der Waals surface area contributed by atoms with Gasteiger partial charge < -0.3 is 49.7 Å². The minimum atomic E-state index is -2.38. The Hall–Kier alpha value is -3.76. The molecule has 13 nitrogen and oxygen atoms in total. The summed E-state index contributed by atoms with van der Waals surface area (Å²) in [5.74, 6) is -0.819. The van der Waals surface area contributed by atoms with E-state index in [0.29, 0.717) is 81.1 Å². The first-order valence-electron chi connectivity index (χ1n) is 23.5. The Morgan fingerprint density at radius 1 is 1.06 bits per heavy atom. The molecule has 3 aliphatic heterocycles. The van der Waals surface area contributed by atoms with Crippen LogP contribution in [0.5, 0.6) is 5.75 Å². The molecular formula is C50H75N5O8Si. The predicted molar refractivity (Wildman–Crippen MR) is 254 cm³/mol. The fourth-order valence-electron chi connectivity index (χ4n) is 13.2. The minimum Gasteiger partial charge on any atom is -0.496 e. The third kappa shape index (κ3) is 7.92. The number of β-amino-alcohol motifs (C(OH)–C–C–N with tert-alkyl or cyclic N) is 1. The van der Waals surface area contributed by atoms with Crippen molar-refractivity contribution in [3.63, 3.8) is 0 Å². The van der Waals surface area contributed by atoms with Crippen LogP contribution < -0.4 is 15.0 Å². The molecule has 64 heavy (non-hydrogen) atoms. The molecule has 6 N–H and O–H groups in total. The number of carbonyl (C=O) groups excluding carboxylic acids is 2. The molecule has 1 amide bonds. The van der Waals surface area contributed by atoms with E-state index in [1.165, 1.54) is 7.11 Å². The summed E-state index contributed by atoms with van der Waals surface area (Å²) < 4.78 is 12.2. The maximum Gasteiger partial charge on any atom is 0.322 e. The second-order valence-corrected chi connectivity index (χ2v) is 24.9. The van der Waals surface area contributed by atoms with Crippen molar-refractivity contribution in [2.24, 2.45) is 16.7 Å².